The molecule has 5 unspecified atom stereocenters. The highest BCUT2D eigenvalue weighted by molar-refractivity contribution is 6.13. The molecular formula is C59H59NO. The molecule has 0 spiro atoms. The molecule has 0 radical (unpaired) electrons. The summed E-state index contributed by atoms with van der Waals surface area (Å²) in [6, 6.07) is 28.6. The first kappa shape index (κ1) is 38.5. The Morgan fingerprint density at radius 3 is 2.43 bits per heavy atom. The molecule has 0 bridgehead atoms. The van der Waals surface area contributed by atoms with Gasteiger partial charge in [0.1, 0.15) is 11.2 Å². The minimum atomic E-state index is 0.312. The van der Waals surface area contributed by atoms with E-state index in [-0.39, 0.29) is 0 Å². The molecule has 61 heavy (non-hydrogen) atoms. The molecule has 7 atom stereocenters. The number of furan rings is 1. The molecule has 2 nitrogen and oxygen atoms in total. The molecule has 5 aromatic rings. The van der Waals surface area contributed by atoms with Gasteiger partial charge in [-0.25, -0.2) is 0 Å². The number of fused-ring (bicyclic) bond motifs is 9. The standard InChI is InChI=1S/C59H59NO/c1-3-39-37-55(41-18-8-5-9-19-41)60-54(40-16-6-4-7-17-40)32-28-38(2)58(39)45-21-14-20-44(34-45)46-25-15-26-50-47-22-10-11-23-48(47)52-35-42(29-31-51(52)59(46)50)43-30-33-57-53(36-43)49-24-12-13-27-56(49)61-57/h4-12,14-18,20,22-24,26,29,31,33-36,38,41,43,45-46,54-55,60H,3,13,19,21,25,27-28,30,32,37H2,1-2H3/b58-39+/t38-,41?,43?,45?,46?,54-,55?/m1/s1. The van der Waals surface area contributed by atoms with Gasteiger partial charge in [0.05, 0.1) is 0 Å². The molecular weight excluding hydrogens is 739 g/mol. The maximum Gasteiger partial charge on any atom is 0.130 e. The second-order valence-electron chi connectivity index (χ2n) is 18.7. The van der Waals surface area contributed by atoms with E-state index in [0.29, 0.717) is 41.7 Å². The summed E-state index contributed by atoms with van der Waals surface area (Å²) < 4.78 is 6.34. The maximum absolute atomic E-state index is 6.34. The van der Waals surface area contributed by atoms with E-state index in [1.54, 1.807) is 11.1 Å². The van der Waals surface area contributed by atoms with Crippen LogP contribution in [0.4, 0.5) is 0 Å². The summed E-state index contributed by atoms with van der Waals surface area (Å²) in [7, 11) is 0. The van der Waals surface area contributed by atoms with Gasteiger partial charge in [-0.05, 0) is 131 Å². The van der Waals surface area contributed by atoms with Crippen LogP contribution in [0, 0.1) is 17.8 Å². The van der Waals surface area contributed by atoms with Crippen LogP contribution in [-0.4, -0.2) is 6.04 Å². The Kier molecular flexibility index (Phi) is 10.4. The van der Waals surface area contributed by atoms with E-state index in [9.17, 15) is 0 Å². The lowest BCUT2D eigenvalue weighted by Gasteiger charge is -2.33. The highest BCUT2D eigenvalue weighted by Gasteiger charge is 2.33. The Bertz CT molecular complexity index is 2850. The first-order chi connectivity index (χ1) is 30.1. The molecule has 1 aliphatic heterocycles. The van der Waals surface area contributed by atoms with Gasteiger partial charge in [-0.1, -0.05) is 165 Å². The fourth-order valence-electron chi connectivity index (χ4n) is 12.1. The largest absolute Gasteiger partial charge is 0.461 e. The van der Waals surface area contributed by atoms with Crippen LogP contribution in [0.2, 0.25) is 0 Å². The lowest BCUT2D eigenvalue weighted by molar-refractivity contribution is 0.342. The van der Waals surface area contributed by atoms with E-state index in [4.69, 9.17) is 4.42 Å². The number of allylic oxidation sites excluding steroid dienone is 10. The van der Waals surface area contributed by atoms with Crippen molar-refractivity contribution in [1.82, 2.24) is 5.32 Å². The number of nitrogens with one attached hydrogen (secondary N) is 1. The summed E-state index contributed by atoms with van der Waals surface area (Å²) >= 11 is 0. The van der Waals surface area contributed by atoms with Crippen LogP contribution in [0.3, 0.4) is 0 Å². The highest BCUT2D eigenvalue weighted by Crippen LogP contribution is 2.48. The number of hydrogen-bond donors (Lipinski definition) is 1. The fourth-order valence-corrected chi connectivity index (χ4v) is 12.1. The zero-order chi connectivity index (χ0) is 40.9. The number of hydrogen-bond acceptors (Lipinski definition) is 2. The van der Waals surface area contributed by atoms with Gasteiger partial charge < -0.3 is 9.73 Å². The molecule has 11 rings (SSSR count). The lowest BCUT2D eigenvalue weighted by atomic mass is 9.72. The first-order valence-corrected chi connectivity index (χ1v) is 23.5. The van der Waals surface area contributed by atoms with Crippen molar-refractivity contribution in [1.29, 1.82) is 0 Å². The van der Waals surface area contributed by atoms with Crippen LogP contribution >= 0.6 is 0 Å². The van der Waals surface area contributed by atoms with Crippen molar-refractivity contribution < 1.29 is 4.42 Å². The second kappa shape index (κ2) is 16.4. The number of benzene rings is 4. The molecule has 4 aromatic carbocycles. The molecule has 0 saturated heterocycles. The topological polar surface area (TPSA) is 25.2 Å². The van der Waals surface area contributed by atoms with Gasteiger partial charge in [-0.15, -0.1) is 0 Å². The van der Waals surface area contributed by atoms with Gasteiger partial charge in [0.2, 0.25) is 0 Å². The molecule has 0 saturated carbocycles. The zero-order valence-electron chi connectivity index (χ0n) is 36.0. The van der Waals surface area contributed by atoms with Crippen molar-refractivity contribution in [3.63, 3.8) is 0 Å². The van der Waals surface area contributed by atoms with E-state index in [1.807, 2.05) is 0 Å². The van der Waals surface area contributed by atoms with Crippen LogP contribution in [0.1, 0.15) is 123 Å². The quantitative estimate of drug-likeness (QED) is 0.137. The molecule has 2 heteroatoms. The van der Waals surface area contributed by atoms with Crippen LogP contribution in [-0.2, 0) is 6.42 Å². The van der Waals surface area contributed by atoms with Gasteiger partial charge in [-0.2, -0.15) is 0 Å². The van der Waals surface area contributed by atoms with E-state index >= 15 is 0 Å². The van der Waals surface area contributed by atoms with Crippen molar-refractivity contribution in [2.45, 2.75) is 102 Å². The molecule has 306 valence electrons. The Labute approximate surface area is 362 Å². The Morgan fingerprint density at radius 1 is 0.705 bits per heavy atom. The molecule has 1 aromatic heterocycles. The predicted octanol–water partition coefficient (Wildman–Crippen LogP) is 13.7. The summed E-state index contributed by atoms with van der Waals surface area (Å²) in [6.45, 7) is 4.96. The minimum absolute atomic E-state index is 0.312. The van der Waals surface area contributed by atoms with Gasteiger partial charge in [-0.3, -0.25) is 0 Å². The van der Waals surface area contributed by atoms with E-state index in [0.717, 1.165) is 69.0 Å². The van der Waals surface area contributed by atoms with Crippen molar-refractivity contribution in [3.05, 3.63) is 188 Å². The number of aryl methyl sites for hydroxylation is 1. The third-order valence-electron chi connectivity index (χ3n) is 15.2. The number of rotatable bonds is 6. The summed E-state index contributed by atoms with van der Waals surface area (Å²) in [5.74, 6) is 3.22. The molecule has 0 amide bonds. The maximum atomic E-state index is 6.34. The van der Waals surface area contributed by atoms with E-state index in [2.05, 4.69) is 171 Å². The average molecular weight is 798 g/mol. The smallest absolute Gasteiger partial charge is 0.130 e. The van der Waals surface area contributed by atoms with Crippen LogP contribution < -0.4 is 16.0 Å². The zero-order valence-corrected chi connectivity index (χ0v) is 36.0. The third-order valence-corrected chi connectivity index (χ3v) is 15.2. The second-order valence-corrected chi connectivity index (χ2v) is 18.7. The lowest BCUT2D eigenvalue weighted by Crippen LogP contribution is -2.38. The SMILES string of the molecule is CC/C1=C(\C2C=C(C3CC=Cc4c3c3ccc(C5C=c6c7c(oc6=CC5)CCC=C7)cc3c3ccccc43)C=CC2)[C@H](C)CC[C@H](c2ccccc2)NC(C2C=CC=CC2)C1. The summed E-state index contributed by atoms with van der Waals surface area (Å²) in [6.07, 6.45) is 42.1. The summed E-state index contributed by atoms with van der Waals surface area (Å²) in [4.78, 5) is 0. The summed E-state index contributed by atoms with van der Waals surface area (Å²) in [5, 5.41) is 11.1. The van der Waals surface area contributed by atoms with Crippen molar-refractivity contribution >= 4 is 45.8 Å². The molecule has 2 heterocycles. The molecule has 0 fully saturated rings. The summed E-state index contributed by atoms with van der Waals surface area (Å²) in [5.41, 5.74) is 13.0. The van der Waals surface area contributed by atoms with Gasteiger partial charge in [0.25, 0.3) is 0 Å². The minimum Gasteiger partial charge on any atom is -0.461 e. The van der Waals surface area contributed by atoms with Gasteiger partial charge in [0, 0.05) is 47.0 Å². The van der Waals surface area contributed by atoms with Crippen LogP contribution in [0.15, 0.2) is 149 Å². The van der Waals surface area contributed by atoms with Crippen molar-refractivity contribution in [3.8, 4) is 0 Å². The predicted molar refractivity (Wildman–Crippen MR) is 258 cm³/mol. The fraction of sp³-hybridized carbons (Fsp3) is 0.322. The van der Waals surface area contributed by atoms with Gasteiger partial charge >= 0.3 is 0 Å². The average Bonchev–Trinajstić information content (AvgIpc) is 3.73. The van der Waals surface area contributed by atoms with Gasteiger partial charge in [0.15, 0.2) is 0 Å². The Hall–Kier alpha value is -5.44. The normalized spacial score (nSPS) is 28.2. The first-order valence-electron chi connectivity index (χ1n) is 23.5. The molecule has 6 aliphatic rings. The Morgan fingerprint density at radius 2 is 1.56 bits per heavy atom. The van der Waals surface area contributed by atoms with E-state index in [1.165, 1.54) is 66.6 Å². The van der Waals surface area contributed by atoms with Crippen LogP contribution in [0.25, 0.3) is 45.8 Å². The highest BCUT2D eigenvalue weighted by atomic mass is 16.3. The van der Waals surface area contributed by atoms with Crippen molar-refractivity contribution in [2.75, 3.05) is 0 Å². The molecule has 5 aliphatic carbocycles. The van der Waals surface area contributed by atoms with Crippen molar-refractivity contribution in [2.24, 2.45) is 17.8 Å². The monoisotopic (exact) mass is 797 g/mol. The molecule has 1 N–H and O–H groups in total. The van der Waals surface area contributed by atoms with Crippen LogP contribution in [0.5, 0.6) is 0 Å². The van der Waals surface area contributed by atoms with E-state index < -0.39 is 0 Å². The third kappa shape index (κ3) is 7.11. The Balaban J connectivity index is 0.980.